The first-order valence-corrected chi connectivity index (χ1v) is 13.9. The van der Waals surface area contributed by atoms with Gasteiger partial charge in [0.1, 0.15) is 11.5 Å². The van der Waals surface area contributed by atoms with Gasteiger partial charge in [0.15, 0.2) is 0 Å². The molecule has 0 saturated carbocycles. The van der Waals surface area contributed by atoms with Crippen LogP contribution in [-0.4, -0.2) is 0 Å². The summed E-state index contributed by atoms with van der Waals surface area (Å²) < 4.78 is 6.47. The van der Waals surface area contributed by atoms with E-state index in [1.165, 1.54) is 22.3 Å². The zero-order valence-corrected chi connectivity index (χ0v) is 22.3. The minimum Gasteiger partial charge on any atom is -0.457 e. The number of para-hydroxylation sites is 3. The van der Waals surface area contributed by atoms with E-state index in [4.69, 9.17) is 16.3 Å². The number of anilines is 2. The molecule has 1 spiro atoms. The van der Waals surface area contributed by atoms with Crippen molar-refractivity contribution in [2.75, 3.05) is 5.32 Å². The number of hydrogen-bond donors (Lipinski definition) is 1. The van der Waals surface area contributed by atoms with Crippen LogP contribution in [0, 0.1) is 0 Å². The molecule has 6 aromatic rings. The van der Waals surface area contributed by atoms with Crippen LogP contribution in [-0.2, 0) is 5.41 Å². The highest BCUT2D eigenvalue weighted by atomic mass is 35.5. The van der Waals surface area contributed by atoms with Gasteiger partial charge in [-0.05, 0) is 46.5 Å². The molecule has 0 saturated heterocycles. The molecule has 2 aliphatic rings. The third-order valence-electron chi connectivity index (χ3n) is 8.23. The molecule has 0 atom stereocenters. The number of nitrogens with one attached hydrogen (secondary N) is 1. The molecule has 0 radical (unpaired) electrons. The van der Waals surface area contributed by atoms with E-state index in [2.05, 4.69) is 115 Å². The average molecular weight is 534 g/mol. The fourth-order valence-corrected chi connectivity index (χ4v) is 6.87. The molecule has 3 heteroatoms. The summed E-state index contributed by atoms with van der Waals surface area (Å²) in [6, 6.07) is 48.7. The minimum absolute atomic E-state index is 0.502. The van der Waals surface area contributed by atoms with E-state index in [0.29, 0.717) is 5.02 Å². The van der Waals surface area contributed by atoms with Crippen molar-refractivity contribution in [1.82, 2.24) is 0 Å². The van der Waals surface area contributed by atoms with Gasteiger partial charge in [-0.1, -0.05) is 127 Å². The molecule has 40 heavy (non-hydrogen) atoms. The molecule has 1 N–H and O–H groups in total. The van der Waals surface area contributed by atoms with Gasteiger partial charge in [0.25, 0.3) is 0 Å². The lowest BCUT2D eigenvalue weighted by molar-refractivity contribution is 0.436. The molecule has 0 bridgehead atoms. The zero-order valence-electron chi connectivity index (χ0n) is 21.6. The van der Waals surface area contributed by atoms with E-state index < -0.39 is 5.41 Å². The lowest BCUT2D eigenvalue weighted by atomic mass is 9.66. The summed E-state index contributed by atoms with van der Waals surface area (Å²) in [5, 5.41) is 4.47. The van der Waals surface area contributed by atoms with E-state index in [9.17, 15) is 0 Å². The summed E-state index contributed by atoms with van der Waals surface area (Å²) >= 11 is 6.88. The number of rotatable bonds is 3. The van der Waals surface area contributed by atoms with E-state index >= 15 is 0 Å². The quantitative estimate of drug-likeness (QED) is 0.244. The first-order chi connectivity index (χ1) is 19.8. The van der Waals surface area contributed by atoms with Crippen LogP contribution in [0.4, 0.5) is 11.4 Å². The molecule has 0 unspecified atom stereocenters. The van der Waals surface area contributed by atoms with Crippen molar-refractivity contribution >= 4 is 23.0 Å². The zero-order chi connectivity index (χ0) is 26.7. The molecule has 8 rings (SSSR count). The lowest BCUT2D eigenvalue weighted by Gasteiger charge is -2.39. The Balaban J connectivity index is 1.41. The Labute approximate surface area is 238 Å². The number of benzene rings is 6. The van der Waals surface area contributed by atoms with Crippen LogP contribution >= 0.6 is 11.6 Å². The molecular formula is C37H24ClNO. The van der Waals surface area contributed by atoms with Gasteiger partial charge in [0.05, 0.1) is 16.1 Å². The van der Waals surface area contributed by atoms with Crippen molar-refractivity contribution in [3.63, 3.8) is 0 Å². The molecule has 2 nitrogen and oxygen atoms in total. The molecule has 1 aliphatic heterocycles. The highest BCUT2D eigenvalue weighted by Crippen LogP contribution is 2.63. The van der Waals surface area contributed by atoms with Crippen LogP contribution in [0.2, 0.25) is 5.02 Å². The van der Waals surface area contributed by atoms with E-state index in [1.807, 2.05) is 30.3 Å². The Kier molecular flexibility index (Phi) is 5.13. The second-order valence-electron chi connectivity index (χ2n) is 10.3. The number of hydrogen-bond acceptors (Lipinski definition) is 2. The van der Waals surface area contributed by atoms with Gasteiger partial charge >= 0.3 is 0 Å². The van der Waals surface area contributed by atoms with Gasteiger partial charge in [-0.2, -0.15) is 0 Å². The highest BCUT2D eigenvalue weighted by Gasteiger charge is 2.51. The predicted molar refractivity (Wildman–Crippen MR) is 164 cm³/mol. The van der Waals surface area contributed by atoms with Crippen molar-refractivity contribution in [3.05, 3.63) is 167 Å². The first kappa shape index (κ1) is 23.1. The Morgan fingerprint density at radius 1 is 0.500 bits per heavy atom. The normalized spacial score (nSPS) is 13.5. The molecule has 6 aromatic carbocycles. The SMILES string of the molecule is Clc1cccc(-c2ccccc2)c1Nc1cccc2c1-c1ccccc1C21c2ccccc2Oc2ccccc21. The van der Waals surface area contributed by atoms with Crippen molar-refractivity contribution < 1.29 is 4.74 Å². The van der Waals surface area contributed by atoms with Crippen LogP contribution < -0.4 is 10.1 Å². The van der Waals surface area contributed by atoms with Crippen molar-refractivity contribution in [2.24, 2.45) is 0 Å². The maximum absolute atomic E-state index is 6.88. The van der Waals surface area contributed by atoms with Crippen LogP contribution in [0.5, 0.6) is 11.5 Å². The Morgan fingerprint density at radius 3 is 1.82 bits per heavy atom. The van der Waals surface area contributed by atoms with Crippen molar-refractivity contribution in [1.29, 1.82) is 0 Å². The van der Waals surface area contributed by atoms with Gasteiger partial charge in [0.2, 0.25) is 0 Å². The van der Waals surface area contributed by atoms with Gasteiger partial charge in [-0.3, -0.25) is 0 Å². The predicted octanol–water partition coefficient (Wildman–Crippen LogP) is 10.2. The Hall–Kier alpha value is -4.79. The highest BCUT2D eigenvalue weighted by molar-refractivity contribution is 6.34. The summed E-state index contributed by atoms with van der Waals surface area (Å²) in [4.78, 5) is 0. The van der Waals surface area contributed by atoms with E-state index in [1.54, 1.807) is 0 Å². The molecule has 0 fully saturated rings. The largest absolute Gasteiger partial charge is 0.457 e. The van der Waals surface area contributed by atoms with Gasteiger partial charge in [-0.15, -0.1) is 0 Å². The summed E-state index contributed by atoms with van der Waals surface area (Å²) in [6.07, 6.45) is 0. The average Bonchev–Trinajstić information content (AvgIpc) is 3.30. The first-order valence-electron chi connectivity index (χ1n) is 13.5. The van der Waals surface area contributed by atoms with E-state index in [0.717, 1.165) is 45.1 Å². The molecule has 0 aromatic heterocycles. The molecular weight excluding hydrogens is 510 g/mol. The Morgan fingerprint density at radius 2 is 1.07 bits per heavy atom. The summed E-state index contributed by atoms with van der Waals surface area (Å²) in [7, 11) is 0. The monoisotopic (exact) mass is 533 g/mol. The number of ether oxygens (including phenoxy) is 1. The standard InChI is InChI=1S/C37H24ClNO/c38-31-20-10-15-25(24-12-2-1-3-13-24)36(31)39-32-21-11-19-30-35(32)26-14-4-5-16-27(26)37(30)28-17-6-8-22-33(28)40-34-23-9-7-18-29(34)37/h1-23,39H. The van der Waals surface area contributed by atoms with Crippen molar-refractivity contribution in [2.45, 2.75) is 5.41 Å². The fraction of sp³-hybridized carbons (Fsp3) is 0.0270. The summed E-state index contributed by atoms with van der Waals surface area (Å²) in [5.74, 6) is 1.78. The van der Waals surface area contributed by atoms with Gasteiger partial charge in [-0.25, -0.2) is 0 Å². The second-order valence-corrected chi connectivity index (χ2v) is 10.7. The van der Waals surface area contributed by atoms with Crippen LogP contribution in [0.15, 0.2) is 140 Å². The molecule has 1 aliphatic carbocycles. The topological polar surface area (TPSA) is 21.3 Å². The molecule has 190 valence electrons. The fourth-order valence-electron chi connectivity index (χ4n) is 6.65. The maximum atomic E-state index is 6.88. The smallest absolute Gasteiger partial charge is 0.132 e. The molecule has 1 heterocycles. The van der Waals surface area contributed by atoms with Crippen molar-refractivity contribution in [3.8, 4) is 33.8 Å². The second kappa shape index (κ2) is 8.87. The van der Waals surface area contributed by atoms with Gasteiger partial charge < -0.3 is 10.1 Å². The summed E-state index contributed by atoms with van der Waals surface area (Å²) in [5.41, 5.74) is 10.8. The van der Waals surface area contributed by atoms with E-state index in [-0.39, 0.29) is 0 Å². The van der Waals surface area contributed by atoms with Crippen LogP contribution in [0.1, 0.15) is 22.3 Å². The summed E-state index contributed by atoms with van der Waals surface area (Å²) in [6.45, 7) is 0. The number of fused-ring (bicyclic) bond motifs is 9. The lowest BCUT2D eigenvalue weighted by Crippen LogP contribution is -2.32. The minimum atomic E-state index is -0.502. The molecule has 0 amide bonds. The maximum Gasteiger partial charge on any atom is 0.132 e. The van der Waals surface area contributed by atoms with Crippen LogP contribution in [0.25, 0.3) is 22.3 Å². The number of halogens is 1. The van der Waals surface area contributed by atoms with Crippen LogP contribution in [0.3, 0.4) is 0 Å². The van der Waals surface area contributed by atoms with Gasteiger partial charge in [0, 0.05) is 27.9 Å². The third-order valence-corrected chi connectivity index (χ3v) is 8.54. The Bertz CT molecular complexity index is 1880. The third kappa shape index (κ3) is 3.17.